The third-order valence-corrected chi connectivity index (χ3v) is 12.0. The normalized spacial score (nSPS) is 13.9. The molecule has 1 aliphatic rings. The van der Waals surface area contributed by atoms with Crippen molar-refractivity contribution in [2.75, 3.05) is 0 Å². The van der Waals surface area contributed by atoms with Gasteiger partial charge >= 0.3 is 188 Å². The molecular weight excluding hydrogens is 507 g/mol. The second-order valence-corrected chi connectivity index (χ2v) is 12.5. The summed E-state index contributed by atoms with van der Waals surface area (Å²) >= 11 is 2.31. The summed E-state index contributed by atoms with van der Waals surface area (Å²) in [7, 11) is -2.35. The van der Waals surface area contributed by atoms with Crippen LogP contribution < -0.4 is 52.8 Å². The van der Waals surface area contributed by atoms with Gasteiger partial charge in [0, 0.05) is 0 Å². The van der Waals surface area contributed by atoms with Crippen molar-refractivity contribution in [1.29, 1.82) is 0 Å². The maximum absolute atomic E-state index is 2.47. The van der Waals surface area contributed by atoms with Crippen LogP contribution in [0.2, 0.25) is 0 Å². The Morgan fingerprint density at radius 1 is 0.719 bits per heavy atom. The summed E-state index contributed by atoms with van der Waals surface area (Å²) in [5.41, 5.74) is 1.61. The average Bonchev–Trinajstić information content (AvgIpc) is 3.18. The maximum atomic E-state index is 2.47. The van der Waals surface area contributed by atoms with Crippen LogP contribution in [0, 0.1) is 5.92 Å². The van der Waals surface area contributed by atoms with E-state index in [0.717, 1.165) is 6.42 Å². The molecule has 1 aliphatic carbocycles. The van der Waals surface area contributed by atoms with Crippen molar-refractivity contribution < 1.29 is 57.7 Å². The van der Waals surface area contributed by atoms with E-state index in [1.807, 2.05) is 0 Å². The van der Waals surface area contributed by atoms with Gasteiger partial charge in [-0.1, -0.05) is 0 Å². The summed E-state index contributed by atoms with van der Waals surface area (Å²) in [6.45, 7) is 4.72. The maximum Gasteiger partial charge on any atom is -1.00 e. The zero-order valence-electron chi connectivity index (χ0n) is 18.4. The zero-order chi connectivity index (χ0) is 20.3. The van der Waals surface area contributed by atoms with Crippen LogP contribution in [0.1, 0.15) is 26.7 Å². The molecule has 0 saturated heterocycles. The van der Waals surface area contributed by atoms with Gasteiger partial charge in [0.25, 0.3) is 0 Å². The first-order valence-corrected chi connectivity index (χ1v) is 13.3. The summed E-state index contributed by atoms with van der Waals surface area (Å²) < 4.78 is 1.48. The van der Waals surface area contributed by atoms with Gasteiger partial charge in [0.15, 0.2) is 0 Å². The first-order chi connectivity index (χ1) is 14.2. The number of rotatable bonds is 6. The van der Waals surface area contributed by atoms with Crippen LogP contribution in [0.15, 0.2) is 112 Å². The van der Waals surface area contributed by atoms with Gasteiger partial charge in [0.05, 0.1) is 0 Å². The summed E-state index contributed by atoms with van der Waals surface area (Å²) in [5.74, 6) is 0.576. The number of hydrogen-bond donors (Lipinski definition) is 0. The molecule has 0 nitrogen and oxygen atoms in total. The zero-order valence-corrected chi connectivity index (χ0v) is 23.2. The Kier molecular flexibility index (Phi) is 11.8. The molecule has 0 aromatic heterocycles. The topological polar surface area (TPSA) is 0 Å². The monoisotopic (exact) mass is 532 g/mol. The fourth-order valence-electron chi connectivity index (χ4n) is 4.80. The summed E-state index contributed by atoms with van der Waals surface area (Å²) in [6, 6.07) is 33.9. The molecule has 0 radical (unpaired) electrons. The van der Waals surface area contributed by atoms with E-state index < -0.39 is 8.07 Å². The van der Waals surface area contributed by atoms with Crippen LogP contribution in [-0.2, 0) is 20.4 Å². The molecule has 5 heteroatoms. The minimum absolute atomic E-state index is 0. The summed E-state index contributed by atoms with van der Waals surface area (Å²) in [4.78, 5) is 0. The van der Waals surface area contributed by atoms with Gasteiger partial charge in [-0.15, -0.1) is 0 Å². The SMILES string of the molecule is CCC(C)C1=C([Si](c2ccccc2)(c2ccccc2)c2ccccc2)CC=[C]1[Ti+3].[Cl-].[Cl-].[Cl-]. The van der Waals surface area contributed by atoms with Crippen molar-refractivity contribution in [3.8, 4) is 0 Å². The van der Waals surface area contributed by atoms with Gasteiger partial charge in [-0.2, -0.15) is 0 Å². The minimum atomic E-state index is -2.35. The van der Waals surface area contributed by atoms with E-state index in [9.17, 15) is 0 Å². The minimum Gasteiger partial charge on any atom is -1.00 e. The van der Waals surface area contributed by atoms with E-state index in [4.69, 9.17) is 0 Å². The molecule has 0 N–H and O–H groups in total. The van der Waals surface area contributed by atoms with E-state index in [1.54, 1.807) is 10.8 Å². The van der Waals surface area contributed by atoms with Crippen LogP contribution in [0.4, 0.5) is 0 Å². The molecule has 0 amide bonds. The largest absolute Gasteiger partial charge is 1.00 e. The molecule has 0 saturated carbocycles. The van der Waals surface area contributed by atoms with Crippen LogP contribution in [0.25, 0.3) is 0 Å². The summed E-state index contributed by atoms with van der Waals surface area (Å²) in [5, 5.41) is 6.12. The van der Waals surface area contributed by atoms with Crippen LogP contribution in [0.3, 0.4) is 0 Å². The van der Waals surface area contributed by atoms with Gasteiger partial charge in [-0.25, -0.2) is 0 Å². The second-order valence-electron chi connectivity index (χ2n) is 7.87. The molecule has 4 rings (SSSR count). The van der Waals surface area contributed by atoms with Crippen molar-refractivity contribution in [2.24, 2.45) is 5.92 Å². The molecule has 0 bridgehead atoms. The molecular formula is C27H27Cl3SiTi. The molecule has 1 atom stereocenters. The third-order valence-electron chi connectivity index (χ3n) is 6.30. The Balaban J connectivity index is 0.00000171. The van der Waals surface area contributed by atoms with Crippen molar-refractivity contribution in [3.63, 3.8) is 0 Å². The molecule has 0 heterocycles. The molecule has 32 heavy (non-hydrogen) atoms. The standard InChI is InChI=1S/C27H27Si.3ClH.Ti/c1-3-22(2)26-20-13-21-27(26)28(23-14-7-4-8-15-23,24-16-9-5-10-17-24)25-18-11-6-12-19-25;;;;/h4-19,22H,3,21H2,1-2H3;3*1H;/q;;;;+3/p-3. The summed E-state index contributed by atoms with van der Waals surface area (Å²) in [6.07, 6.45) is 4.71. The Bertz CT molecular complexity index is 938. The van der Waals surface area contributed by atoms with Gasteiger partial charge in [0.1, 0.15) is 0 Å². The van der Waals surface area contributed by atoms with Gasteiger partial charge in [-0.05, 0) is 0 Å². The van der Waals surface area contributed by atoms with E-state index in [-0.39, 0.29) is 37.2 Å². The Morgan fingerprint density at radius 2 is 1.09 bits per heavy atom. The fraction of sp³-hybridized carbons (Fsp3) is 0.185. The van der Waals surface area contributed by atoms with Gasteiger partial charge in [0.2, 0.25) is 0 Å². The quantitative estimate of drug-likeness (QED) is 0.223. The first-order valence-electron chi connectivity index (χ1n) is 10.5. The van der Waals surface area contributed by atoms with Crippen molar-refractivity contribution in [1.82, 2.24) is 0 Å². The average molecular weight is 534 g/mol. The third kappa shape index (κ3) is 5.20. The van der Waals surface area contributed by atoms with E-state index in [0.29, 0.717) is 5.92 Å². The molecule has 0 aliphatic heterocycles. The Labute approximate surface area is 224 Å². The molecule has 0 spiro atoms. The molecule has 1 unspecified atom stereocenters. The number of halogens is 3. The Morgan fingerprint density at radius 3 is 1.44 bits per heavy atom. The number of hydrogen-bond acceptors (Lipinski definition) is 0. The van der Waals surface area contributed by atoms with Crippen LogP contribution >= 0.6 is 0 Å². The number of benzene rings is 3. The fourth-order valence-corrected chi connectivity index (χ4v) is 11.1. The molecule has 3 aromatic rings. The van der Waals surface area contributed by atoms with Crippen molar-refractivity contribution >= 4 is 23.6 Å². The molecule has 3 aromatic carbocycles. The van der Waals surface area contributed by atoms with Crippen LogP contribution in [0.5, 0.6) is 0 Å². The smallest absolute Gasteiger partial charge is 1.00 e. The van der Waals surface area contributed by atoms with Gasteiger partial charge < -0.3 is 37.2 Å². The van der Waals surface area contributed by atoms with Crippen molar-refractivity contribution in [2.45, 2.75) is 26.7 Å². The predicted octanol–water partition coefficient (Wildman–Crippen LogP) is -4.11. The molecule has 0 fully saturated rings. The van der Waals surface area contributed by atoms with Gasteiger partial charge in [-0.3, -0.25) is 0 Å². The Hall–Kier alpha value is -1.06. The van der Waals surface area contributed by atoms with E-state index in [1.165, 1.54) is 25.9 Å². The second kappa shape index (κ2) is 13.0. The number of allylic oxidation sites excluding steroid dienone is 4. The van der Waals surface area contributed by atoms with E-state index in [2.05, 4.69) is 131 Å². The molecule has 164 valence electrons. The predicted molar refractivity (Wildman–Crippen MR) is 123 cm³/mol. The van der Waals surface area contributed by atoms with Crippen molar-refractivity contribution in [3.05, 3.63) is 112 Å². The van der Waals surface area contributed by atoms with Crippen LogP contribution in [-0.4, -0.2) is 8.07 Å². The first kappa shape index (κ1) is 29.0. The van der Waals surface area contributed by atoms with E-state index >= 15 is 0 Å².